The van der Waals surface area contributed by atoms with Gasteiger partial charge in [0.25, 0.3) is 0 Å². The van der Waals surface area contributed by atoms with E-state index in [0.717, 1.165) is 17.1 Å². The second kappa shape index (κ2) is 7.89. The number of aromatic nitrogens is 2. The minimum atomic E-state index is -0.182. The highest BCUT2D eigenvalue weighted by Gasteiger charge is 2.19. The van der Waals surface area contributed by atoms with Crippen LogP contribution in [0.25, 0.3) is 0 Å². The van der Waals surface area contributed by atoms with E-state index in [9.17, 15) is 0 Å². The Balaban J connectivity index is 1.84. The zero-order chi connectivity index (χ0) is 18.7. The molecule has 0 aliphatic heterocycles. The van der Waals surface area contributed by atoms with Gasteiger partial charge in [0.2, 0.25) is 0 Å². The van der Waals surface area contributed by atoms with Crippen LogP contribution < -0.4 is 10.6 Å². The molecule has 26 heavy (non-hydrogen) atoms. The second-order valence-corrected chi connectivity index (χ2v) is 7.20. The number of thiocarbonyl (C=S) groups is 1. The van der Waals surface area contributed by atoms with Gasteiger partial charge >= 0.3 is 0 Å². The molecule has 1 heterocycles. The van der Waals surface area contributed by atoms with Crippen LogP contribution in [0.1, 0.15) is 28.6 Å². The monoisotopic (exact) mass is 384 g/mol. The first-order valence-electron chi connectivity index (χ1n) is 8.31. The van der Waals surface area contributed by atoms with Crippen LogP contribution in [0.4, 0.5) is 5.69 Å². The quantitative estimate of drug-likeness (QED) is 0.636. The van der Waals surface area contributed by atoms with E-state index in [-0.39, 0.29) is 6.04 Å². The molecule has 2 N–H and O–H groups in total. The Bertz CT molecular complexity index is 898. The minimum absolute atomic E-state index is 0.182. The maximum atomic E-state index is 6.04. The molecule has 2 aromatic carbocycles. The van der Waals surface area contributed by atoms with Gasteiger partial charge in [0.05, 0.1) is 0 Å². The lowest BCUT2D eigenvalue weighted by atomic mass is 10.1. The molecule has 1 atom stereocenters. The fourth-order valence-electron chi connectivity index (χ4n) is 2.95. The summed E-state index contributed by atoms with van der Waals surface area (Å²) in [5, 5.41) is 7.89. The number of halogens is 1. The molecule has 0 spiro atoms. The fraction of sp³-hybridized carbons (Fsp3) is 0.200. The molecule has 0 aliphatic rings. The summed E-state index contributed by atoms with van der Waals surface area (Å²) >= 11 is 11.6. The van der Waals surface area contributed by atoms with E-state index in [1.165, 1.54) is 11.1 Å². The van der Waals surface area contributed by atoms with Gasteiger partial charge in [-0.05, 0) is 67.0 Å². The van der Waals surface area contributed by atoms with Crippen LogP contribution in [0.15, 0.2) is 54.9 Å². The Morgan fingerprint density at radius 3 is 2.35 bits per heavy atom. The van der Waals surface area contributed by atoms with Gasteiger partial charge in [0, 0.05) is 30.2 Å². The molecule has 4 nitrogen and oxygen atoms in total. The molecule has 0 bridgehead atoms. The summed E-state index contributed by atoms with van der Waals surface area (Å²) in [6.07, 6.45) is 3.70. The number of hydrogen-bond acceptors (Lipinski definition) is 2. The van der Waals surface area contributed by atoms with Crippen molar-refractivity contribution in [3.05, 3.63) is 82.4 Å². The molecule has 0 fully saturated rings. The Morgan fingerprint density at radius 2 is 1.77 bits per heavy atom. The van der Waals surface area contributed by atoms with E-state index < -0.39 is 0 Å². The summed E-state index contributed by atoms with van der Waals surface area (Å²) in [4.78, 5) is 4.48. The van der Waals surface area contributed by atoms with Crippen molar-refractivity contribution in [3.8, 4) is 0 Å². The zero-order valence-corrected chi connectivity index (χ0v) is 16.5. The highest BCUT2D eigenvalue weighted by Crippen LogP contribution is 2.23. The Hall–Kier alpha value is -2.37. The molecule has 134 valence electrons. The smallest absolute Gasteiger partial charge is 0.171 e. The summed E-state index contributed by atoms with van der Waals surface area (Å²) in [5.74, 6) is 0.872. The van der Waals surface area contributed by atoms with Crippen molar-refractivity contribution in [2.75, 3.05) is 5.32 Å². The summed E-state index contributed by atoms with van der Waals surface area (Å²) in [6.45, 7) is 4.14. The molecular weight excluding hydrogens is 364 g/mol. The van der Waals surface area contributed by atoms with Crippen LogP contribution in [0, 0.1) is 13.8 Å². The van der Waals surface area contributed by atoms with Crippen LogP contribution in [0.3, 0.4) is 0 Å². The van der Waals surface area contributed by atoms with Crippen molar-refractivity contribution in [2.45, 2.75) is 19.9 Å². The molecule has 0 amide bonds. The maximum absolute atomic E-state index is 6.04. The molecule has 0 unspecified atom stereocenters. The lowest BCUT2D eigenvalue weighted by molar-refractivity contribution is 0.664. The number of nitrogens with one attached hydrogen (secondary N) is 2. The number of rotatable bonds is 4. The van der Waals surface area contributed by atoms with Gasteiger partial charge in [-0.2, -0.15) is 0 Å². The van der Waals surface area contributed by atoms with Gasteiger partial charge < -0.3 is 15.2 Å². The van der Waals surface area contributed by atoms with Crippen molar-refractivity contribution >= 4 is 34.6 Å². The number of imidazole rings is 1. The number of aryl methyl sites for hydroxylation is 3. The highest BCUT2D eigenvalue weighted by atomic mass is 35.5. The number of benzene rings is 2. The summed E-state index contributed by atoms with van der Waals surface area (Å²) in [7, 11) is 1.97. The first-order chi connectivity index (χ1) is 12.4. The molecule has 3 rings (SSSR count). The van der Waals surface area contributed by atoms with Gasteiger partial charge in [-0.15, -0.1) is 0 Å². The van der Waals surface area contributed by atoms with Crippen molar-refractivity contribution in [2.24, 2.45) is 7.05 Å². The molecule has 0 aliphatic carbocycles. The second-order valence-electron chi connectivity index (χ2n) is 6.36. The number of nitrogens with zero attached hydrogens (tertiary/aromatic N) is 2. The molecule has 6 heteroatoms. The molecule has 1 aromatic heterocycles. The number of anilines is 1. The van der Waals surface area contributed by atoms with Crippen molar-refractivity contribution in [3.63, 3.8) is 0 Å². The van der Waals surface area contributed by atoms with E-state index in [1.54, 1.807) is 6.20 Å². The molecule has 0 saturated heterocycles. The first-order valence-corrected chi connectivity index (χ1v) is 9.09. The maximum Gasteiger partial charge on any atom is 0.171 e. The van der Waals surface area contributed by atoms with E-state index >= 15 is 0 Å². The predicted octanol–water partition coefficient (Wildman–Crippen LogP) is 4.77. The topological polar surface area (TPSA) is 41.9 Å². The molecule has 3 aromatic rings. The first kappa shape index (κ1) is 18.4. The van der Waals surface area contributed by atoms with E-state index in [2.05, 4.69) is 47.7 Å². The lowest BCUT2D eigenvalue weighted by Crippen LogP contribution is -2.34. The Labute approximate surface area is 164 Å². The van der Waals surface area contributed by atoms with Gasteiger partial charge in [-0.25, -0.2) is 4.98 Å². The Morgan fingerprint density at radius 1 is 1.12 bits per heavy atom. The van der Waals surface area contributed by atoms with Gasteiger partial charge in [0.15, 0.2) is 5.11 Å². The minimum Gasteiger partial charge on any atom is -0.348 e. The third-order valence-corrected chi connectivity index (χ3v) is 4.55. The molecular formula is C20H21ClN4S. The third-order valence-electron chi connectivity index (χ3n) is 4.07. The van der Waals surface area contributed by atoms with E-state index in [1.807, 2.05) is 42.1 Å². The van der Waals surface area contributed by atoms with Crippen LogP contribution in [0.2, 0.25) is 5.02 Å². The van der Waals surface area contributed by atoms with Crippen LogP contribution in [-0.2, 0) is 7.05 Å². The van der Waals surface area contributed by atoms with Crippen LogP contribution >= 0.6 is 23.8 Å². The number of hydrogen-bond donors (Lipinski definition) is 2. The largest absolute Gasteiger partial charge is 0.348 e. The zero-order valence-electron chi connectivity index (χ0n) is 15.0. The third kappa shape index (κ3) is 4.42. The standard InChI is InChI=1S/C20H21ClN4S/c1-13-10-14(2)12-17(11-13)23-20(26)24-18(19-22-8-9-25(19)3)15-4-6-16(21)7-5-15/h4-12,18H,1-3H3,(H2,23,24,26)/t18-/m0/s1. The fourth-order valence-corrected chi connectivity index (χ4v) is 3.31. The molecule has 0 saturated carbocycles. The summed E-state index contributed by atoms with van der Waals surface area (Å²) in [6, 6.07) is 13.8. The van der Waals surface area contributed by atoms with E-state index in [0.29, 0.717) is 10.1 Å². The lowest BCUT2D eigenvalue weighted by Gasteiger charge is -2.21. The normalized spacial score (nSPS) is 11.8. The average molecular weight is 385 g/mol. The van der Waals surface area contributed by atoms with Crippen LogP contribution in [-0.4, -0.2) is 14.7 Å². The predicted molar refractivity (Wildman–Crippen MR) is 112 cm³/mol. The summed E-state index contributed by atoms with van der Waals surface area (Å²) < 4.78 is 1.98. The highest BCUT2D eigenvalue weighted by molar-refractivity contribution is 7.80. The van der Waals surface area contributed by atoms with Gasteiger partial charge in [-0.3, -0.25) is 0 Å². The Kier molecular flexibility index (Phi) is 5.59. The van der Waals surface area contributed by atoms with Crippen molar-refractivity contribution < 1.29 is 0 Å². The van der Waals surface area contributed by atoms with Gasteiger partial charge in [0.1, 0.15) is 11.9 Å². The van der Waals surface area contributed by atoms with E-state index in [4.69, 9.17) is 23.8 Å². The van der Waals surface area contributed by atoms with Crippen molar-refractivity contribution in [1.29, 1.82) is 0 Å². The average Bonchev–Trinajstić information content (AvgIpc) is 2.98. The van der Waals surface area contributed by atoms with Gasteiger partial charge in [-0.1, -0.05) is 29.8 Å². The van der Waals surface area contributed by atoms with Crippen molar-refractivity contribution in [1.82, 2.24) is 14.9 Å². The SMILES string of the molecule is Cc1cc(C)cc(NC(=S)N[C@@H](c2ccc(Cl)cc2)c2nccn2C)c1. The van der Waals surface area contributed by atoms with Crippen LogP contribution in [0.5, 0.6) is 0 Å². The summed E-state index contributed by atoms with van der Waals surface area (Å²) in [5.41, 5.74) is 4.38. The molecule has 0 radical (unpaired) electrons.